The zero-order chi connectivity index (χ0) is 11.7. The van der Waals surface area contributed by atoms with E-state index in [1.165, 1.54) is 11.0 Å². The molecule has 1 aromatic rings. The van der Waals surface area contributed by atoms with E-state index >= 15 is 0 Å². The van der Waals surface area contributed by atoms with Gasteiger partial charge in [-0.3, -0.25) is 14.5 Å². The molecule has 16 heavy (non-hydrogen) atoms. The van der Waals surface area contributed by atoms with Crippen LogP contribution in [-0.2, 0) is 4.79 Å². The van der Waals surface area contributed by atoms with Crippen molar-refractivity contribution in [3.8, 4) is 12.3 Å². The number of amides is 1. The first-order chi connectivity index (χ1) is 7.60. The molecule has 2 rings (SSSR count). The Balaban J connectivity index is 2.35. The Morgan fingerprint density at radius 2 is 2.38 bits per heavy atom. The fourth-order valence-corrected chi connectivity index (χ4v) is 1.74. The number of aromatic nitrogens is 2. The number of hydrogen-bond acceptors (Lipinski definition) is 3. The maximum atomic E-state index is 11.6. The summed E-state index contributed by atoms with van der Waals surface area (Å²) in [7, 11) is 0. The average molecular weight is 217 g/mol. The molecule has 1 amide bonds. The van der Waals surface area contributed by atoms with Crippen molar-refractivity contribution in [3.05, 3.63) is 22.2 Å². The summed E-state index contributed by atoms with van der Waals surface area (Å²) in [6.45, 7) is 2.11. The van der Waals surface area contributed by atoms with Crippen molar-refractivity contribution in [2.45, 2.75) is 13.3 Å². The second kappa shape index (κ2) is 3.81. The Morgan fingerprint density at radius 1 is 1.62 bits per heavy atom. The predicted molar refractivity (Wildman–Crippen MR) is 58.9 cm³/mol. The maximum Gasteiger partial charge on any atom is 0.252 e. The number of aromatic amines is 1. The van der Waals surface area contributed by atoms with Gasteiger partial charge < -0.3 is 4.98 Å². The lowest BCUT2D eigenvalue weighted by molar-refractivity contribution is -0.117. The number of rotatable bonds is 1. The number of anilines is 1. The number of aryl methyl sites for hydroxylation is 1. The quantitative estimate of drug-likeness (QED) is 0.677. The zero-order valence-corrected chi connectivity index (χ0v) is 8.86. The van der Waals surface area contributed by atoms with E-state index in [1.54, 1.807) is 6.92 Å². The topological polar surface area (TPSA) is 66.1 Å². The number of nitrogens with zero attached hydrogens (tertiary/aromatic N) is 2. The average Bonchev–Trinajstić information content (AvgIpc) is 2.58. The van der Waals surface area contributed by atoms with E-state index in [2.05, 4.69) is 15.9 Å². The van der Waals surface area contributed by atoms with E-state index in [1.807, 2.05) is 0 Å². The SMILES string of the molecule is C#CC1CC(=O)N(c2cc(=O)[nH]c(C)n2)C1. The van der Waals surface area contributed by atoms with Crippen LogP contribution in [0.15, 0.2) is 10.9 Å². The minimum absolute atomic E-state index is 0.0829. The van der Waals surface area contributed by atoms with Crippen molar-refractivity contribution in [1.29, 1.82) is 0 Å². The van der Waals surface area contributed by atoms with E-state index in [9.17, 15) is 9.59 Å². The molecule has 0 spiro atoms. The van der Waals surface area contributed by atoms with Crippen molar-refractivity contribution < 1.29 is 4.79 Å². The number of carbonyl (C=O) groups excluding carboxylic acids is 1. The fourth-order valence-electron chi connectivity index (χ4n) is 1.74. The molecule has 1 aliphatic rings. The monoisotopic (exact) mass is 217 g/mol. The van der Waals surface area contributed by atoms with Gasteiger partial charge in [0.1, 0.15) is 11.6 Å². The van der Waals surface area contributed by atoms with Gasteiger partial charge in [-0.1, -0.05) is 0 Å². The molecule has 0 aliphatic carbocycles. The largest absolute Gasteiger partial charge is 0.311 e. The molecule has 0 saturated carbocycles. The van der Waals surface area contributed by atoms with Gasteiger partial charge in [0.2, 0.25) is 5.91 Å². The van der Waals surface area contributed by atoms with Crippen molar-refractivity contribution >= 4 is 11.7 Å². The third-order valence-corrected chi connectivity index (χ3v) is 2.48. The minimum Gasteiger partial charge on any atom is -0.311 e. The van der Waals surface area contributed by atoms with Crippen LogP contribution in [0.25, 0.3) is 0 Å². The van der Waals surface area contributed by atoms with E-state index in [4.69, 9.17) is 6.42 Å². The highest BCUT2D eigenvalue weighted by molar-refractivity contribution is 5.95. The molecular weight excluding hydrogens is 206 g/mol. The molecule has 5 heteroatoms. The van der Waals surface area contributed by atoms with Gasteiger partial charge in [-0.25, -0.2) is 4.98 Å². The lowest BCUT2D eigenvalue weighted by Gasteiger charge is -2.14. The van der Waals surface area contributed by atoms with Crippen LogP contribution < -0.4 is 10.5 Å². The lowest BCUT2D eigenvalue weighted by Crippen LogP contribution is -2.27. The number of H-pyrrole nitrogens is 1. The molecule has 5 nitrogen and oxygen atoms in total. The summed E-state index contributed by atoms with van der Waals surface area (Å²) in [6, 6.07) is 1.31. The van der Waals surface area contributed by atoms with Crippen LogP contribution in [0.5, 0.6) is 0 Å². The first-order valence-corrected chi connectivity index (χ1v) is 4.94. The number of nitrogens with one attached hydrogen (secondary N) is 1. The molecule has 1 N–H and O–H groups in total. The number of carbonyl (C=O) groups is 1. The zero-order valence-electron chi connectivity index (χ0n) is 8.86. The van der Waals surface area contributed by atoms with E-state index in [0.717, 1.165) is 0 Å². The first-order valence-electron chi connectivity index (χ1n) is 4.94. The van der Waals surface area contributed by atoms with Gasteiger partial charge in [-0.15, -0.1) is 12.3 Å². The molecule has 1 atom stereocenters. The second-order valence-corrected chi connectivity index (χ2v) is 3.76. The summed E-state index contributed by atoms with van der Waals surface area (Å²) in [5.41, 5.74) is -0.264. The highest BCUT2D eigenvalue weighted by Crippen LogP contribution is 2.21. The van der Waals surface area contributed by atoms with Gasteiger partial charge in [-0.2, -0.15) is 0 Å². The number of terminal acetylenes is 1. The molecular formula is C11H11N3O2. The van der Waals surface area contributed by atoms with Gasteiger partial charge in [0.15, 0.2) is 0 Å². The Kier molecular flexibility index (Phi) is 2.49. The van der Waals surface area contributed by atoms with Crippen LogP contribution in [-0.4, -0.2) is 22.4 Å². The standard InChI is InChI=1S/C11H11N3O2/c1-3-8-4-11(16)14(6-8)9-5-10(15)13-7(2)12-9/h1,5,8H,4,6H2,2H3,(H,12,13,15). The summed E-state index contributed by atoms with van der Waals surface area (Å²) in [5.74, 6) is 3.24. The molecule has 0 bridgehead atoms. The second-order valence-electron chi connectivity index (χ2n) is 3.76. The van der Waals surface area contributed by atoms with Crippen molar-refractivity contribution in [2.24, 2.45) is 5.92 Å². The molecule has 2 heterocycles. The van der Waals surface area contributed by atoms with Crippen LogP contribution in [0.3, 0.4) is 0 Å². The fraction of sp³-hybridized carbons (Fsp3) is 0.364. The van der Waals surface area contributed by atoms with Gasteiger partial charge in [0.25, 0.3) is 5.56 Å². The predicted octanol–water partition coefficient (Wildman–Crippen LogP) is 0.0644. The van der Waals surface area contributed by atoms with E-state index in [0.29, 0.717) is 24.6 Å². The molecule has 1 aromatic heterocycles. The number of hydrogen-bond donors (Lipinski definition) is 1. The van der Waals surface area contributed by atoms with Gasteiger partial charge >= 0.3 is 0 Å². The van der Waals surface area contributed by atoms with Gasteiger partial charge in [0.05, 0.1) is 0 Å². The minimum atomic E-state index is -0.264. The van der Waals surface area contributed by atoms with E-state index < -0.39 is 0 Å². The van der Waals surface area contributed by atoms with Crippen LogP contribution in [0.4, 0.5) is 5.82 Å². The maximum absolute atomic E-state index is 11.6. The normalized spacial score (nSPS) is 19.9. The van der Waals surface area contributed by atoms with Crippen molar-refractivity contribution in [3.63, 3.8) is 0 Å². The smallest absolute Gasteiger partial charge is 0.252 e. The van der Waals surface area contributed by atoms with E-state index in [-0.39, 0.29) is 17.4 Å². The lowest BCUT2D eigenvalue weighted by atomic mass is 10.1. The Morgan fingerprint density at radius 3 is 2.94 bits per heavy atom. The van der Waals surface area contributed by atoms with Crippen LogP contribution >= 0.6 is 0 Å². The van der Waals surface area contributed by atoms with Crippen LogP contribution in [0, 0.1) is 25.2 Å². The molecule has 1 aliphatic heterocycles. The highest BCUT2D eigenvalue weighted by Gasteiger charge is 2.30. The third-order valence-electron chi connectivity index (χ3n) is 2.48. The van der Waals surface area contributed by atoms with Crippen LogP contribution in [0.2, 0.25) is 0 Å². The molecule has 0 radical (unpaired) electrons. The highest BCUT2D eigenvalue weighted by atomic mass is 16.2. The summed E-state index contributed by atoms with van der Waals surface area (Å²) in [5, 5.41) is 0. The van der Waals surface area contributed by atoms with Gasteiger partial charge in [-0.05, 0) is 6.92 Å². The van der Waals surface area contributed by atoms with Gasteiger partial charge in [0, 0.05) is 24.9 Å². The Hall–Kier alpha value is -2.09. The Labute approximate surface area is 92.5 Å². The summed E-state index contributed by atoms with van der Waals surface area (Å²) in [6.07, 6.45) is 5.60. The summed E-state index contributed by atoms with van der Waals surface area (Å²) >= 11 is 0. The van der Waals surface area contributed by atoms with Crippen molar-refractivity contribution in [2.75, 3.05) is 11.4 Å². The summed E-state index contributed by atoms with van der Waals surface area (Å²) in [4.78, 5) is 31.0. The third kappa shape index (κ3) is 1.82. The molecule has 0 aromatic carbocycles. The van der Waals surface area contributed by atoms with Crippen molar-refractivity contribution in [1.82, 2.24) is 9.97 Å². The summed E-state index contributed by atoms with van der Waals surface area (Å²) < 4.78 is 0. The molecule has 1 unspecified atom stereocenters. The molecule has 1 saturated heterocycles. The molecule has 1 fully saturated rings. The Bertz CT molecular complexity index is 527. The first kappa shape index (κ1) is 10.4. The van der Waals surface area contributed by atoms with Crippen LogP contribution in [0.1, 0.15) is 12.2 Å². The molecule has 82 valence electrons.